The van der Waals surface area contributed by atoms with Crippen molar-refractivity contribution in [1.82, 2.24) is 5.32 Å². The lowest BCUT2D eigenvalue weighted by molar-refractivity contribution is -0.121. The zero-order valence-electron chi connectivity index (χ0n) is 23.4. The highest BCUT2D eigenvalue weighted by Gasteiger charge is 2.13. The van der Waals surface area contributed by atoms with Gasteiger partial charge in [0.2, 0.25) is 5.91 Å². The summed E-state index contributed by atoms with van der Waals surface area (Å²) in [4.78, 5) is 12.1. The van der Waals surface area contributed by atoms with Gasteiger partial charge in [-0.1, -0.05) is 114 Å². The number of rotatable bonds is 25. The summed E-state index contributed by atoms with van der Waals surface area (Å²) < 4.78 is 29.0. The van der Waals surface area contributed by atoms with Gasteiger partial charge in [0, 0.05) is 13.0 Å². The third-order valence-electron chi connectivity index (χ3n) is 6.58. The SMILES string of the molecule is CCCCCCCC/C=C\CCCCCCCCCCCC(=O)NCCCOS(=O)(=O)c1ccccc1. The molecule has 1 rings (SSSR count). The number of carbonyl (C=O) groups is 1. The van der Waals surface area contributed by atoms with Crippen LogP contribution < -0.4 is 5.32 Å². The van der Waals surface area contributed by atoms with Crippen molar-refractivity contribution >= 4 is 16.0 Å². The van der Waals surface area contributed by atoms with Gasteiger partial charge in [-0.15, -0.1) is 0 Å². The van der Waals surface area contributed by atoms with Gasteiger partial charge in [-0.05, 0) is 50.7 Å². The molecule has 5 nitrogen and oxygen atoms in total. The van der Waals surface area contributed by atoms with Crippen LogP contribution in [0.3, 0.4) is 0 Å². The Labute approximate surface area is 228 Å². The van der Waals surface area contributed by atoms with Crippen molar-refractivity contribution in [2.45, 2.75) is 134 Å². The van der Waals surface area contributed by atoms with Gasteiger partial charge in [-0.25, -0.2) is 0 Å². The van der Waals surface area contributed by atoms with Crippen molar-refractivity contribution < 1.29 is 17.4 Å². The Kier molecular flexibility index (Phi) is 21.2. The predicted octanol–water partition coefficient (Wildman–Crippen LogP) is 8.50. The van der Waals surface area contributed by atoms with Crippen molar-refractivity contribution in [1.29, 1.82) is 0 Å². The summed E-state index contributed by atoms with van der Waals surface area (Å²) >= 11 is 0. The highest BCUT2D eigenvalue weighted by molar-refractivity contribution is 7.86. The molecule has 0 saturated carbocycles. The van der Waals surface area contributed by atoms with E-state index in [9.17, 15) is 13.2 Å². The Morgan fingerprint density at radius 1 is 0.730 bits per heavy atom. The lowest BCUT2D eigenvalue weighted by atomic mass is 10.1. The number of hydrogen-bond acceptors (Lipinski definition) is 4. The highest BCUT2D eigenvalue weighted by Crippen LogP contribution is 2.13. The van der Waals surface area contributed by atoms with E-state index < -0.39 is 10.1 Å². The maximum atomic E-state index is 12.0. The third kappa shape index (κ3) is 20.0. The molecule has 0 fully saturated rings. The fourth-order valence-corrected chi connectivity index (χ4v) is 5.24. The number of unbranched alkanes of at least 4 members (excludes halogenated alkanes) is 15. The molecule has 6 heteroatoms. The zero-order valence-corrected chi connectivity index (χ0v) is 24.2. The molecule has 1 aromatic carbocycles. The number of allylic oxidation sites excluding steroid dienone is 2. The molecule has 0 atom stereocenters. The number of benzene rings is 1. The maximum absolute atomic E-state index is 12.0. The van der Waals surface area contributed by atoms with Crippen LogP contribution in [0.4, 0.5) is 0 Å². The van der Waals surface area contributed by atoms with Gasteiger partial charge >= 0.3 is 0 Å². The number of nitrogens with one attached hydrogen (secondary N) is 1. The fourth-order valence-electron chi connectivity index (χ4n) is 4.28. The fraction of sp³-hybridized carbons (Fsp3) is 0.710. The van der Waals surface area contributed by atoms with Gasteiger partial charge in [0.25, 0.3) is 10.1 Å². The van der Waals surface area contributed by atoms with E-state index in [1.54, 1.807) is 18.2 Å². The Morgan fingerprint density at radius 2 is 1.24 bits per heavy atom. The third-order valence-corrected chi connectivity index (χ3v) is 7.91. The average Bonchev–Trinajstić information content (AvgIpc) is 2.90. The molecule has 0 heterocycles. The van der Waals surface area contributed by atoms with Crippen molar-refractivity contribution in [3.8, 4) is 0 Å². The summed E-state index contributed by atoms with van der Waals surface area (Å²) in [6.07, 6.45) is 27.6. The molecule has 0 aromatic heterocycles. The average molecular weight is 536 g/mol. The summed E-state index contributed by atoms with van der Waals surface area (Å²) in [6.45, 7) is 2.76. The Bertz CT molecular complexity index is 793. The molecule has 1 N–H and O–H groups in total. The highest BCUT2D eigenvalue weighted by atomic mass is 32.2. The van der Waals surface area contributed by atoms with Crippen LogP contribution in [0.2, 0.25) is 0 Å². The summed E-state index contributed by atoms with van der Waals surface area (Å²) in [5.41, 5.74) is 0. The van der Waals surface area contributed by atoms with Crippen LogP contribution in [-0.2, 0) is 19.1 Å². The van der Waals surface area contributed by atoms with Gasteiger partial charge in [-0.3, -0.25) is 8.98 Å². The lowest BCUT2D eigenvalue weighted by Crippen LogP contribution is -2.25. The molecule has 0 aliphatic heterocycles. The smallest absolute Gasteiger partial charge is 0.296 e. The second-order valence-electron chi connectivity index (χ2n) is 10.0. The minimum absolute atomic E-state index is 0.0342. The van der Waals surface area contributed by atoms with Gasteiger partial charge in [0.15, 0.2) is 0 Å². The molecule has 0 bridgehead atoms. The Balaban J connectivity index is 1.82. The zero-order chi connectivity index (χ0) is 26.9. The second kappa shape index (κ2) is 23.5. The van der Waals surface area contributed by atoms with Gasteiger partial charge < -0.3 is 5.32 Å². The maximum Gasteiger partial charge on any atom is 0.296 e. The van der Waals surface area contributed by atoms with Crippen LogP contribution in [0.15, 0.2) is 47.4 Å². The van der Waals surface area contributed by atoms with Crippen LogP contribution in [0.5, 0.6) is 0 Å². The number of amides is 1. The number of hydrogen-bond donors (Lipinski definition) is 1. The topological polar surface area (TPSA) is 72.5 Å². The first-order chi connectivity index (χ1) is 18.1. The minimum atomic E-state index is -3.72. The normalized spacial score (nSPS) is 11.8. The van der Waals surface area contributed by atoms with Crippen molar-refractivity contribution in [2.75, 3.05) is 13.2 Å². The van der Waals surface area contributed by atoms with E-state index in [4.69, 9.17) is 4.18 Å². The molecule has 0 radical (unpaired) electrons. The molecule has 0 saturated heterocycles. The molecule has 0 spiro atoms. The standard InChI is InChI=1S/C31H53NO4S/c1-2-3-4-5-6-7-8-9-10-11-12-13-14-15-16-17-18-19-23-27-31(33)32-28-24-29-36-37(34,35)30-25-21-20-22-26-30/h9-10,20-22,25-26H,2-8,11-19,23-24,27-29H2,1H3,(H,32,33)/b10-9-. The molecule has 212 valence electrons. The van der Waals surface area contributed by atoms with Crippen molar-refractivity contribution in [3.05, 3.63) is 42.5 Å². The molecule has 1 aromatic rings. The van der Waals surface area contributed by atoms with Crippen LogP contribution in [0.1, 0.15) is 129 Å². The van der Waals surface area contributed by atoms with E-state index in [0.29, 0.717) is 19.4 Å². The number of carbonyl (C=O) groups excluding carboxylic acids is 1. The van der Waals surface area contributed by atoms with Gasteiger partial charge in [-0.2, -0.15) is 8.42 Å². The Morgan fingerprint density at radius 3 is 1.81 bits per heavy atom. The molecular weight excluding hydrogens is 482 g/mol. The largest absolute Gasteiger partial charge is 0.356 e. The summed E-state index contributed by atoms with van der Waals surface area (Å²) in [5.74, 6) is 0.0342. The van der Waals surface area contributed by atoms with Crippen LogP contribution in [0, 0.1) is 0 Å². The van der Waals surface area contributed by atoms with E-state index in [2.05, 4.69) is 24.4 Å². The molecule has 0 aliphatic carbocycles. The molecule has 1 amide bonds. The van der Waals surface area contributed by atoms with Crippen LogP contribution in [0.25, 0.3) is 0 Å². The van der Waals surface area contributed by atoms with E-state index in [-0.39, 0.29) is 17.4 Å². The van der Waals surface area contributed by atoms with Gasteiger partial charge in [0.1, 0.15) is 0 Å². The van der Waals surface area contributed by atoms with E-state index in [0.717, 1.165) is 12.8 Å². The second-order valence-corrected chi connectivity index (χ2v) is 11.7. The predicted molar refractivity (Wildman–Crippen MR) is 155 cm³/mol. The summed E-state index contributed by atoms with van der Waals surface area (Å²) in [6, 6.07) is 8.10. The first-order valence-electron chi connectivity index (χ1n) is 14.9. The minimum Gasteiger partial charge on any atom is -0.356 e. The first-order valence-corrected chi connectivity index (χ1v) is 16.3. The quantitative estimate of drug-likeness (QED) is 0.0774. The molecular formula is C31H53NO4S. The van der Waals surface area contributed by atoms with Crippen molar-refractivity contribution in [2.24, 2.45) is 0 Å². The van der Waals surface area contributed by atoms with E-state index >= 15 is 0 Å². The monoisotopic (exact) mass is 535 g/mol. The van der Waals surface area contributed by atoms with E-state index in [1.807, 2.05) is 0 Å². The van der Waals surface area contributed by atoms with Crippen LogP contribution >= 0.6 is 0 Å². The molecule has 37 heavy (non-hydrogen) atoms. The van der Waals surface area contributed by atoms with Crippen molar-refractivity contribution in [3.63, 3.8) is 0 Å². The Hall–Kier alpha value is -1.66. The van der Waals surface area contributed by atoms with Gasteiger partial charge in [0.05, 0.1) is 11.5 Å². The summed E-state index contributed by atoms with van der Waals surface area (Å²) in [5, 5.41) is 2.85. The van der Waals surface area contributed by atoms with E-state index in [1.165, 1.54) is 108 Å². The molecule has 0 unspecified atom stereocenters. The lowest BCUT2D eigenvalue weighted by Gasteiger charge is -2.07. The first kappa shape index (κ1) is 33.4. The molecule has 0 aliphatic rings. The van der Waals surface area contributed by atoms with Crippen LogP contribution in [-0.4, -0.2) is 27.5 Å². The summed E-state index contributed by atoms with van der Waals surface area (Å²) in [7, 11) is -3.72.